The van der Waals surface area contributed by atoms with Gasteiger partial charge in [-0.15, -0.1) is 0 Å². The first kappa shape index (κ1) is 15.8. The van der Waals surface area contributed by atoms with E-state index in [1.54, 1.807) is 12.3 Å². The Labute approximate surface area is 125 Å². The van der Waals surface area contributed by atoms with Crippen LogP contribution in [-0.4, -0.2) is 22.3 Å². The summed E-state index contributed by atoms with van der Waals surface area (Å²) in [7, 11) is 0. The molecule has 0 aliphatic heterocycles. The highest BCUT2D eigenvalue weighted by molar-refractivity contribution is 5.27. The lowest BCUT2D eigenvalue weighted by atomic mass is 9.80. The smallest absolute Gasteiger partial charge is 0.248 e. The van der Waals surface area contributed by atoms with E-state index in [-0.39, 0.29) is 5.56 Å². The van der Waals surface area contributed by atoms with Crippen LogP contribution in [0.3, 0.4) is 0 Å². The predicted octanol–water partition coefficient (Wildman–Crippen LogP) is 3.18. The third kappa shape index (κ3) is 4.21. The number of rotatable bonds is 6. The van der Waals surface area contributed by atoms with Gasteiger partial charge < -0.3 is 14.8 Å². The van der Waals surface area contributed by atoms with Gasteiger partial charge in [0.05, 0.1) is 5.60 Å². The van der Waals surface area contributed by atoms with Crippen molar-refractivity contribution < 1.29 is 9.84 Å². The molecule has 2 N–H and O–H groups in total. The van der Waals surface area contributed by atoms with Crippen LogP contribution in [0.4, 0.5) is 0 Å². The number of hydrogen-bond donors (Lipinski definition) is 2. The maximum absolute atomic E-state index is 11.0. The summed E-state index contributed by atoms with van der Waals surface area (Å²) in [6.45, 7) is 4.49. The van der Waals surface area contributed by atoms with Crippen LogP contribution in [0.2, 0.25) is 0 Å². The Hall–Kier alpha value is -1.55. The molecule has 0 spiro atoms. The lowest BCUT2D eigenvalue weighted by molar-refractivity contribution is 0.0801. The van der Waals surface area contributed by atoms with Crippen molar-refractivity contribution in [3.8, 4) is 5.75 Å². The van der Waals surface area contributed by atoms with E-state index >= 15 is 0 Å². The van der Waals surface area contributed by atoms with Crippen molar-refractivity contribution in [1.29, 1.82) is 0 Å². The van der Waals surface area contributed by atoms with Crippen molar-refractivity contribution in [2.24, 2.45) is 0 Å². The topological polar surface area (TPSA) is 62.3 Å². The molecule has 0 bridgehead atoms. The van der Waals surface area contributed by atoms with Crippen LogP contribution < -0.4 is 10.3 Å². The third-order valence-electron chi connectivity index (χ3n) is 4.14. The van der Waals surface area contributed by atoms with Gasteiger partial charge in [-0.25, -0.2) is 0 Å². The maximum Gasteiger partial charge on any atom is 0.248 e. The fourth-order valence-corrected chi connectivity index (χ4v) is 3.07. The monoisotopic (exact) mass is 291 g/mol. The summed E-state index contributed by atoms with van der Waals surface area (Å²) in [5.41, 5.74) is 1.51. The minimum absolute atomic E-state index is 0.134. The van der Waals surface area contributed by atoms with E-state index in [1.165, 1.54) is 11.6 Å². The highest BCUT2D eigenvalue weighted by Crippen LogP contribution is 2.35. The quantitative estimate of drug-likeness (QED) is 0.791. The molecule has 0 amide bonds. The molecule has 0 fully saturated rings. The molecule has 1 aromatic rings. The lowest BCUT2D eigenvalue weighted by Gasteiger charge is -2.32. The average molecular weight is 291 g/mol. The minimum Gasteiger partial charge on any atom is -0.488 e. The number of hydrogen-bond acceptors (Lipinski definition) is 3. The van der Waals surface area contributed by atoms with Crippen LogP contribution in [0.25, 0.3) is 0 Å². The van der Waals surface area contributed by atoms with E-state index in [9.17, 15) is 9.90 Å². The van der Waals surface area contributed by atoms with Gasteiger partial charge in [0.25, 0.3) is 0 Å². The minimum atomic E-state index is -0.723. The molecule has 2 rings (SSSR count). The molecule has 0 radical (unpaired) electrons. The van der Waals surface area contributed by atoms with Crippen LogP contribution in [-0.2, 0) is 0 Å². The Morgan fingerprint density at radius 1 is 1.33 bits per heavy atom. The highest BCUT2D eigenvalue weighted by Gasteiger charge is 2.29. The normalized spacial score (nSPS) is 18.4. The van der Waals surface area contributed by atoms with Crippen molar-refractivity contribution in [3.05, 3.63) is 39.8 Å². The SMILES string of the molecule is CCCC(C)(O)C1=C(COc2ccc(=O)[nH]c2)CCCC1. The van der Waals surface area contributed by atoms with Gasteiger partial charge in [-0.05, 0) is 56.2 Å². The molecule has 4 nitrogen and oxygen atoms in total. The van der Waals surface area contributed by atoms with Crippen LogP contribution in [0, 0.1) is 0 Å². The Morgan fingerprint density at radius 2 is 2.10 bits per heavy atom. The molecule has 116 valence electrons. The van der Waals surface area contributed by atoms with Gasteiger partial charge in [0.15, 0.2) is 0 Å². The Bertz CT molecular complexity index is 537. The molecule has 1 aliphatic carbocycles. The largest absolute Gasteiger partial charge is 0.488 e. The van der Waals surface area contributed by atoms with Gasteiger partial charge in [0.1, 0.15) is 12.4 Å². The van der Waals surface area contributed by atoms with Crippen LogP contribution in [0.15, 0.2) is 34.3 Å². The van der Waals surface area contributed by atoms with Crippen molar-refractivity contribution in [2.75, 3.05) is 6.61 Å². The second-order valence-electron chi connectivity index (χ2n) is 5.99. The van der Waals surface area contributed by atoms with Crippen molar-refractivity contribution in [2.45, 2.75) is 58.0 Å². The van der Waals surface area contributed by atoms with Gasteiger partial charge in [-0.1, -0.05) is 13.3 Å². The molecule has 1 unspecified atom stereocenters. The predicted molar refractivity (Wildman–Crippen MR) is 83.6 cm³/mol. The van der Waals surface area contributed by atoms with E-state index in [0.717, 1.165) is 44.1 Å². The Kier molecular flexibility index (Phi) is 5.23. The first-order valence-electron chi connectivity index (χ1n) is 7.78. The van der Waals surface area contributed by atoms with Crippen molar-refractivity contribution >= 4 is 0 Å². The number of nitrogens with one attached hydrogen (secondary N) is 1. The van der Waals surface area contributed by atoms with Crippen LogP contribution in [0.5, 0.6) is 5.75 Å². The molecular formula is C17H25NO3. The van der Waals surface area contributed by atoms with E-state index < -0.39 is 5.60 Å². The molecule has 4 heteroatoms. The highest BCUT2D eigenvalue weighted by atomic mass is 16.5. The van der Waals surface area contributed by atoms with E-state index in [2.05, 4.69) is 11.9 Å². The summed E-state index contributed by atoms with van der Waals surface area (Å²) < 4.78 is 5.76. The summed E-state index contributed by atoms with van der Waals surface area (Å²) in [4.78, 5) is 13.6. The standard InChI is InChI=1S/C17H25NO3/c1-3-10-17(2,20)15-7-5-4-6-13(15)12-21-14-8-9-16(19)18-11-14/h8-9,11,20H,3-7,10,12H2,1-2H3,(H,18,19). The molecular weight excluding hydrogens is 266 g/mol. The molecule has 1 aliphatic rings. The molecule has 1 atom stereocenters. The summed E-state index contributed by atoms with van der Waals surface area (Å²) in [5.74, 6) is 0.655. The lowest BCUT2D eigenvalue weighted by Crippen LogP contribution is -2.30. The van der Waals surface area contributed by atoms with E-state index in [4.69, 9.17) is 4.74 Å². The van der Waals surface area contributed by atoms with Gasteiger partial charge >= 0.3 is 0 Å². The summed E-state index contributed by atoms with van der Waals surface area (Å²) in [5, 5.41) is 10.7. The van der Waals surface area contributed by atoms with Crippen LogP contribution in [0.1, 0.15) is 52.4 Å². The summed E-state index contributed by atoms with van der Waals surface area (Å²) in [6.07, 6.45) is 7.55. The van der Waals surface area contributed by atoms with Gasteiger partial charge in [0.2, 0.25) is 5.56 Å². The average Bonchev–Trinajstić information content (AvgIpc) is 2.47. The van der Waals surface area contributed by atoms with Gasteiger partial charge in [0, 0.05) is 12.3 Å². The zero-order chi connectivity index (χ0) is 15.3. The molecule has 1 heterocycles. The van der Waals surface area contributed by atoms with E-state index in [0.29, 0.717) is 12.4 Å². The van der Waals surface area contributed by atoms with Gasteiger partial charge in [-0.2, -0.15) is 0 Å². The molecule has 0 saturated heterocycles. The molecule has 0 aromatic carbocycles. The zero-order valence-electron chi connectivity index (χ0n) is 12.9. The first-order valence-corrected chi connectivity index (χ1v) is 7.78. The van der Waals surface area contributed by atoms with Crippen LogP contribution >= 0.6 is 0 Å². The Balaban J connectivity index is 2.12. The number of pyridine rings is 1. The second-order valence-corrected chi connectivity index (χ2v) is 5.99. The number of aliphatic hydroxyl groups is 1. The fourth-order valence-electron chi connectivity index (χ4n) is 3.07. The molecule has 1 aromatic heterocycles. The van der Waals surface area contributed by atoms with Gasteiger partial charge in [-0.3, -0.25) is 4.79 Å². The number of ether oxygens (including phenoxy) is 1. The zero-order valence-corrected chi connectivity index (χ0v) is 12.9. The van der Waals surface area contributed by atoms with E-state index in [1.807, 2.05) is 6.92 Å². The number of aromatic amines is 1. The maximum atomic E-state index is 11.0. The van der Waals surface area contributed by atoms with Crippen molar-refractivity contribution in [1.82, 2.24) is 4.98 Å². The van der Waals surface area contributed by atoms with Crippen molar-refractivity contribution in [3.63, 3.8) is 0 Å². The third-order valence-corrected chi connectivity index (χ3v) is 4.14. The number of H-pyrrole nitrogens is 1. The summed E-state index contributed by atoms with van der Waals surface area (Å²) >= 11 is 0. The molecule has 0 saturated carbocycles. The Morgan fingerprint density at radius 3 is 2.76 bits per heavy atom. The first-order chi connectivity index (χ1) is 10.0. The number of aromatic nitrogens is 1. The fraction of sp³-hybridized carbons (Fsp3) is 0.588. The summed E-state index contributed by atoms with van der Waals surface area (Å²) in [6, 6.07) is 3.13. The molecule has 21 heavy (non-hydrogen) atoms. The second kappa shape index (κ2) is 6.94.